The van der Waals surface area contributed by atoms with Gasteiger partial charge in [0.15, 0.2) is 5.96 Å². The molecule has 0 aromatic heterocycles. The monoisotopic (exact) mass is 334 g/mol. The van der Waals surface area contributed by atoms with E-state index in [1.54, 1.807) is 7.05 Å². The van der Waals surface area contributed by atoms with E-state index in [1.165, 1.54) is 5.69 Å². The van der Waals surface area contributed by atoms with E-state index in [0.717, 1.165) is 58.3 Å². The molecule has 2 N–H and O–H groups in total. The van der Waals surface area contributed by atoms with Crippen LogP contribution in [0.4, 0.5) is 5.69 Å². The highest BCUT2D eigenvalue weighted by molar-refractivity contribution is 5.79. The molecule has 0 amide bonds. The molecule has 0 aliphatic carbocycles. The average molecular weight is 334 g/mol. The van der Waals surface area contributed by atoms with Gasteiger partial charge in [-0.3, -0.25) is 4.99 Å². The van der Waals surface area contributed by atoms with Crippen molar-refractivity contribution >= 4 is 11.6 Å². The van der Waals surface area contributed by atoms with E-state index in [2.05, 4.69) is 51.8 Å². The maximum Gasteiger partial charge on any atom is 0.191 e. The fourth-order valence-electron chi connectivity index (χ4n) is 2.55. The Morgan fingerprint density at radius 1 is 1.29 bits per heavy atom. The average Bonchev–Trinajstić information content (AvgIpc) is 3.14. The number of likely N-dealkylation sites (N-methyl/N-ethyl adjacent to an activating group) is 1. The van der Waals surface area contributed by atoms with Crippen LogP contribution in [0, 0.1) is 0 Å². The normalized spacial score (nSPS) is 17.8. The lowest BCUT2D eigenvalue weighted by atomic mass is 10.3. The van der Waals surface area contributed by atoms with Gasteiger partial charge in [0.05, 0.1) is 12.7 Å². The van der Waals surface area contributed by atoms with Crippen molar-refractivity contribution in [2.24, 2.45) is 4.99 Å². The predicted molar refractivity (Wildman–Crippen MR) is 98.9 cm³/mol. The molecule has 1 unspecified atom stereocenters. The summed E-state index contributed by atoms with van der Waals surface area (Å²) in [5.41, 5.74) is 1.22. The zero-order valence-corrected chi connectivity index (χ0v) is 14.8. The number of nitrogens with one attached hydrogen (secondary N) is 2. The van der Waals surface area contributed by atoms with E-state index in [-0.39, 0.29) is 6.10 Å². The summed E-state index contributed by atoms with van der Waals surface area (Å²) in [6.07, 6.45) is 2.27. The molecule has 1 aliphatic heterocycles. The topological polar surface area (TPSA) is 58.1 Å². The number of ether oxygens (including phenoxy) is 2. The second kappa shape index (κ2) is 10.9. The molecule has 24 heavy (non-hydrogen) atoms. The molecule has 134 valence electrons. The van der Waals surface area contributed by atoms with Crippen molar-refractivity contribution in [1.82, 2.24) is 10.6 Å². The zero-order valence-electron chi connectivity index (χ0n) is 14.8. The molecule has 0 bridgehead atoms. The van der Waals surface area contributed by atoms with E-state index in [1.807, 2.05) is 6.07 Å². The van der Waals surface area contributed by atoms with E-state index in [4.69, 9.17) is 9.47 Å². The van der Waals surface area contributed by atoms with Crippen molar-refractivity contribution < 1.29 is 9.47 Å². The second-order valence-corrected chi connectivity index (χ2v) is 5.89. The van der Waals surface area contributed by atoms with Crippen LogP contribution in [0.1, 0.15) is 12.8 Å². The first-order chi connectivity index (χ1) is 11.8. The first-order valence-electron chi connectivity index (χ1n) is 8.69. The summed E-state index contributed by atoms with van der Waals surface area (Å²) in [4.78, 5) is 6.47. The van der Waals surface area contributed by atoms with Crippen LogP contribution in [0.2, 0.25) is 0 Å². The number of hydrogen-bond acceptors (Lipinski definition) is 4. The van der Waals surface area contributed by atoms with Crippen molar-refractivity contribution in [3.05, 3.63) is 30.3 Å². The number of benzene rings is 1. The molecular weight excluding hydrogens is 304 g/mol. The molecule has 6 nitrogen and oxygen atoms in total. The highest BCUT2D eigenvalue weighted by Gasteiger charge is 2.15. The predicted octanol–water partition coefficient (Wildman–Crippen LogP) is 1.48. The Morgan fingerprint density at radius 3 is 2.79 bits per heavy atom. The maximum absolute atomic E-state index is 5.75. The maximum atomic E-state index is 5.75. The number of guanidine groups is 1. The SMILES string of the molecule is CN=C(NCCCOC1CCOC1)NCCN(C)c1ccccc1. The zero-order chi connectivity index (χ0) is 17.0. The van der Waals surface area contributed by atoms with Gasteiger partial charge in [-0.25, -0.2) is 0 Å². The molecular formula is C18H30N4O2. The minimum Gasteiger partial charge on any atom is -0.379 e. The van der Waals surface area contributed by atoms with Gasteiger partial charge in [-0.2, -0.15) is 0 Å². The third kappa shape index (κ3) is 6.76. The number of hydrogen-bond donors (Lipinski definition) is 2. The van der Waals surface area contributed by atoms with Crippen LogP contribution < -0.4 is 15.5 Å². The molecule has 2 rings (SSSR count). The Hall–Kier alpha value is -1.79. The Bertz CT molecular complexity index is 475. The fourth-order valence-corrected chi connectivity index (χ4v) is 2.55. The van der Waals surface area contributed by atoms with E-state index in [0.29, 0.717) is 0 Å². The van der Waals surface area contributed by atoms with E-state index >= 15 is 0 Å². The highest BCUT2D eigenvalue weighted by Crippen LogP contribution is 2.09. The van der Waals surface area contributed by atoms with Crippen molar-refractivity contribution in [2.75, 3.05) is 58.5 Å². The molecule has 1 aliphatic rings. The van der Waals surface area contributed by atoms with Gasteiger partial charge in [-0.15, -0.1) is 0 Å². The van der Waals surface area contributed by atoms with Crippen LogP contribution in [0.3, 0.4) is 0 Å². The highest BCUT2D eigenvalue weighted by atomic mass is 16.5. The van der Waals surface area contributed by atoms with Crippen molar-refractivity contribution in [3.8, 4) is 0 Å². The minimum atomic E-state index is 0.288. The fraction of sp³-hybridized carbons (Fsp3) is 0.611. The molecule has 1 aromatic rings. The summed E-state index contributed by atoms with van der Waals surface area (Å²) in [6, 6.07) is 10.4. The third-order valence-electron chi connectivity index (χ3n) is 4.02. The van der Waals surface area contributed by atoms with Crippen molar-refractivity contribution in [1.29, 1.82) is 0 Å². The van der Waals surface area contributed by atoms with Crippen LogP contribution in [0.25, 0.3) is 0 Å². The summed E-state index contributed by atoms with van der Waals surface area (Å²) in [5, 5.41) is 6.66. The molecule has 1 aromatic carbocycles. The third-order valence-corrected chi connectivity index (χ3v) is 4.02. The molecule has 0 radical (unpaired) electrons. The van der Waals surface area contributed by atoms with E-state index < -0.39 is 0 Å². The first kappa shape index (κ1) is 18.5. The van der Waals surface area contributed by atoms with Gasteiger partial charge >= 0.3 is 0 Å². The molecule has 0 spiro atoms. The molecule has 6 heteroatoms. The lowest BCUT2D eigenvalue weighted by Gasteiger charge is -2.20. The molecule has 1 fully saturated rings. The van der Waals surface area contributed by atoms with Crippen LogP contribution >= 0.6 is 0 Å². The lowest BCUT2D eigenvalue weighted by Crippen LogP contribution is -2.41. The summed E-state index contributed by atoms with van der Waals surface area (Å²) in [7, 11) is 3.89. The van der Waals surface area contributed by atoms with Gasteiger partial charge in [0.1, 0.15) is 0 Å². The Morgan fingerprint density at radius 2 is 2.08 bits per heavy atom. The van der Waals surface area contributed by atoms with Crippen molar-refractivity contribution in [3.63, 3.8) is 0 Å². The quantitative estimate of drug-likeness (QED) is 0.407. The number of anilines is 1. The standard InChI is InChI=1S/C18H30N4O2/c1-19-18(20-10-6-13-24-17-9-14-23-15-17)21-11-12-22(2)16-7-4-3-5-8-16/h3-5,7-8,17H,6,9-15H2,1-2H3,(H2,19,20,21). The molecule has 1 saturated heterocycles. The summed E-state index contributed by atoms with van der Waals surface area (Å²) in [5.74, 6) is 0.834. The van der Waals surface area contributed by atoms with Gasteiger partial charge in [0, 0.05) is 52.6 Å². The number of aliphatic imine (C=N–C) groups is 1. The van der Waals surface area contributed by atoms with Gasteiger partial charge in [-0.05, 0) is 25.0 Å². The van der Waals surface area contributed by atoms with E-state index in [9.17, 15) is 0 Å². The number of para-hydroxylation sites is 1. The first-order valence-corrected chi connectivity index (χ1v) is 8.69. The van der Waals surface area contributed by atoms with Gasteiger partial charge < -0.3 is 25.0 Å². The minimum absolute atomic E-state index is 0.288. The van der Waals surface area contributed by atoms with Crippen LogP contribution in [0.15, 0.2) is 35.3 Å². The Labute approximate surface area is 145 Å². The van der Waals surface area contributed by atoms with Crippen LogP contribution in [-0.4, -0.2) is 65.6 Å². The van der Waals surface area contributed by atoms with Gasteiger partial charge in [0.2, 0.25) is 0 Å². The van der Waals surface area contributed by atoms with Crippen LogP contribution in [-0.2, 0) is 9.47 Å². The second-order valence-electron chi connectivity index (χ2n) is 5.89. The summed E-state index contributed by atoms with van der Waals surface area (Å²) in [6.45, 7) is 4.93. The van der Waals surface area contributed by atoms with Gasteiger partial charge in [0.25, 0.3) is 0 Å². The summed E-state index contributed by atoms with van der Waals surface area (Å²) >= 11 is 0. The Kier molecular flexibility index (Phi) is 8.41. The van der Waals surface area contributed by atoms with Gasteiger partial charge in [-0.1, -0.05) is 18.2 Å². The smallest absolute Gasteiger partial charge is 0.191 e. The largest absolute Gasteiger partial charge is 0.379 e. The van der Waals surface area contributed by atoms with Crippen LogP contribution in [0.5, 0.6) is 0 Å². The lowest BCUT2D eigenvalue weighted by molar-refractivity contribution is 0.0420. The molecule has 1 atom stereocenters. The Balaban J connectivity index is 1.53. The summed E-state index contributed by atoms with van der Waals surface area (Å²) < 4.78 is 11.0. The number of nitrogens with zero attached hydrogens (tertiary/aromatic N) is 2. The van der Waals surface area contributed by atoms with Crippen molar-refractivity contribution in [2.45, 2.75) is 18.9 Å². The molecule has 1 heterocycles. The molecule has 0 saturated carbocycles. The number of rotatable bonds is 9.